The molecule has 0 aliphatic rings. The third-order valence-electron chi connectivity index (χ3n) is 3.50. The van der Waals surface area contributed by atoms with Crippen LogP contribution < -0.4 is 0 Å². The fraction of sp³-hybridized carbons (Fsp3) is 0.278. The molecule has 3 aromatic rings. The molecular formula is C18H18IrNS-. The summed E-state index contributed by atoms with van der Waals surface area (Å²) in [4.78, 5) is 5.88. The normalized spacial score (nSPS) is 11.4. The number of thiophene rings is 1. The van der Waals surface area contributed by atoms with E-state index in [9.17, 15) is 0 Å². The van der Waals surface area contributed by atoms with Gasteiger partial charge < -0.3 is 4.98 Å². The number of fused-ring (bicyclic) bond motifs is 1. The summed E-state index contributed by atoms with van der Waals surface area (Å²) in [6.07, 6.45) is 1.89. The van der Waals surface area contributed by atoms with E-state index in [4.69, 9.17) is 0 Å². The van der Waals surface area contributed by atoms with Crippen molar-refractivity contribution >= 4 is 21.4 Å². The van der Waals surface area contributed by atoms with Crippen molar-refractivity contribution in [3.63, 3.8) is 0 Å². The SMILES string of the molecule is Cc1cc2c(-c3[c-]cc(C(C)(C)C)cc3)nccc2s1.[Ir]. The Labute approximate surface area is 143 Å². The molecule has 0 atom stereocenters. The van der Waals surface area contributed by atoms with Gasteiger partial charge in [-0.2, -0.15) is 0 Å². The van der Waals surface area contributed by atoms with Gasteiger partial charge in [-0.15, -0.1) is 46.7 Å². The first kappa shape index (κ1) is 16.4. The Kier molecular flexibility index (Phi) is 4.67. The second kappa shape index (κ2) is 6.00. The average Bonchev–Trinajstić information content (AvgIpc) is 2.78. The minimum absolute atomic E-state index is 0. The van der Waals surface area contributed by atoms with Crippen LogP contribution in [0, 0.1) is 13.0 Å². The van der Waals surface area contributed by atoms with E-state index in [1.807, 2.05) is 17.5 Å². The molecule has 1 radical (unpaired) electrons. The molecule has 0 bridgehead atoms. The van der Waals surface area contributed by atoms with Gasteiger partial charge in [0.1, 0.15) is 0 Å². The Morgan fingerprint density at radius 1 is 1.14 bits per heavy atom. The molecule has 0 saturated carbocycles. The van der Waals surface area contributed by atoms with E-state index in [0.29, 0.717) is 0 Å². The second-order valence-electron chi connectivity index (χ2n) is 6.17. The maximum absolute atomic E-state index is 4.56. The molecule has 0 unspecified atom stereocenters. The molecule has 0 saturated heterocycles. The van der Waals surface area contributed by atoms with Crippen LogP contribution in [-0.2, 0) is 25.5 Å². The molecule has 0 aliphatic carbocycles. The van der Waals surface area contributed by atoms with Crippen LogP contribution in [0.2, 0.25) is 0 Å². The van der Waals surface area contributed by atoms with Gasteiger partial charge in [0.05, 0.1) is 0 Å². The number of hydrogen-bond acceptors (Lipinski definition) is 2. The molecule has 21 heavy (non-hydrogen) atoms. The number of benzene rings is 1. The van der Waals surface area contributed by atoms with Gasteiger partial charge in [-0.1, -0.05) is 20.8 Å². The monoisotopic (exact) mass is 473 g/mol. The van der Waals surface area contributed by atoms with Gasteiger partial charge in [-0.05, 0) is 35.6 Å². The summed E-state index contributed by atoms with van der Waals surface area (Å²) in [6.45, 7) is 8.80. The first-order valence-corrected chi connectivity index (χ1v) is 7.64. The number of aryl methyl sites for hydroxylation is 1. The molecular weight excluding hydrogens is 454 g/mol. The summed E-state index contributed by atoms with van der Waals surface area (Å²) in [5.41, 5.74) is 3.57. The first-order chi connectivity index (χ1) is 9.45. The molecule has 0 spiro atoms. The van der Waals surface area contributed by atoms with Crippen LogP contribution in [0.25, 0.3) is 21.3 Å². The van der Waals surface area contributed by atoms with Crippen molar-refractivity contribution in [2.75, 3.05) is 0 Å². The van der Waals surface area contributed by atoms with E-state index in [1.54, 1.807) is 0 Å². The van der Waals surface area contributed by atoms with Gasteiger partial charge in [0.25, 0.3) is 0 Å². The Balaban J connectivity index is 0.00000161. The summed E-state index contributed by atoms with van der Waals surface area (Å²) >= 11 is 1.81. The van der Waals surface area contributed by atoms with Crippen LogP contribution in [0.15, 0.2) is 36.5 Å². The molecule has 0 amide bonds. The molecule has 0 fully saturated rings. The summed E-state index contributed by atoms with van der Waals surface area (Å²) < 4.78 is 1.29. The van der Waals surface area contributed by atoms with Gasteiger partial charge in [0.2, 0.25) is 0 Å². The van der Waals surface area contributed by atoms with Crippen molar-refractivity contribution in [3.8, 4) is 11.3 Å². The van der Waals surface area contributed by atoms with E-state index in [2.05, 4.69) is 69.1 Å². The number of rotatable bonds is 1. The minimum Gasteiger partial charge on any atom is -0.304 e. The smallest absolute Gasteiger partial charge is 0.0289 e. The average molecular weight is 473 g/mol. The molecule has 2 heterocycles. The van der Waals surface area contributed by atoms with E-state index in [1.165, 1.54) is 20.5 Å². The molecule has 3 rings (SSSR count). The van der Waals surface area contributed by atoms with Crippen molar-refractivity contribution in [1.82, 2.24) is 4.98 Å². The summed E-state index contributed by atoms with van der Waals surface area (Å²) in [7, 11) is 0. The zero-order valence-corrected chi connectivity index (χ0v) is 15.9. The van der Waals surface area contributed by atoms with Crippen molar-refractivity contribution < 1.29 is 20.1 Å². The van der Waals surface area contributed by atoms with Crippen LogP contribution in [0.5, 0.6) is 0 Å². The van der Waals surface area contributed by atoms with Crippen LogP contribution in [0.1, 0.15) is 31.2 Å². The van der Waals surface area contributed by atoms with E-state index >= 15 is 0 Å². The van der Waals surface area contributed by atoms with E-state index < -0.39 is 0 Å². The van der Waals surface area contributed by atoms with Crippen molar-refractivity contribution in [1.29, 1.82) is 0 Å². The maximum atomic E-state index is 4.56. The third kappa shape index (κ3) is 3.26. The van der Waals surface area contributed by atoms with Gasteiger partial charge >= 0.3 is 0 Å². The predicted molar refractivity (Wildman–Crippen MR) is 87.3 cm³/mol. The van der Waals surface area contributed by atoms with Crippen LogP contribution in [0.3, 0.4) is 0 Å². The Morgan fingerprint density at radius 2 is 1.90 bits per heavy atom. The third-order valence-corrected chi connectivity index (χ3v) is 4.52. The number of hydrogen-bond donors (Lipinski definition) is 0. The second-order valence-corrected chi connectivity index (χ2v) is 7.46. The number of aromatic nitrogens is 1. The topological polar surface area (TPSA) is 12.9 Å². The van der Waals surface area contributed by atoms with Crippen LogP contribution in [-0.4, -0.2) is 4.98 Å². The minimum atomic E-state index is 0. The number of pyridine rings is 1. The van der Waals surface area contributed by atoms with Gasteiger partial charge in [-0.3, -0.25) is 0 Å². The quantitative estimate of drug-likeness (QED) is 0.434. The fourth-order valence-electron chi connectivity index (χ4n) is 2.34. The molecule has 1 nitrogen and oxygen atoms in total. The molecule has 2 aromatic heterocycles. The summed E-state index contributed by atoms with van der Waals surface area (Å²) in [5.74, 6) is 0. The number of nitrogens with zero attached hydrogens (tertiary/aromatic N) is 1. The first-order valence-electron chi connectivity index (χ1n) is 6.83. The molecule has 0 aliphatic heterocycles. The van der Waals surface area contributed by atoms with Crippen molar-refractivity contribution in [2.45, 2.75) is 33.1 Å². The molecule has 0 N–H and O–H groups in total. The largest absolute Gasteiger partial charge is 0.304 e. The van der Waals surface area contributed by atoms with Crippen LogP contribution >= 0.6 is 11.3 Å². The van der Waals surface area contributed by atoms with Crippen molar-refractivity contribution in [3.05, 3.63) is 53.0 Å². The van der Waals surface area contributed by atoms with E-state index in [0.717, 1.165) is 11.3 Å². The zero-order valence-electron chi connectivity index (χ0n) is 12.7. The Bertz CT molecular complexity index is 751. The molecule has 1 aromatic carbocycles. The summed E-state index contributed by atoms with van der Waals surface area (Å²) in [6, 6.07) is 14.1. The van der Waals surface area contributed by atoms with E-state index in [-0.39, 0.29) is 25.5 Å². The fourth-order valence-corrected chi connectivity index (χ4v) is 3.26. The maximum Gasteiger partial charge on any atom is 0.0289 e. The van der Waals surface area contributed by atoms with Gasteiger partial charge in [-0.25, -0.2) is 0 Å². The zero-order chi connectivity index (χ0) is 14.3. The van der Waals surface area contributed by atoms with Gasteiger partial charge in [0, 0.05) is 35.9 Å². The predicted octanol–water partition coefficient (Wildman–Crippen LogP) is 5.37. The Hall–Kier alpha value is -1.02. The summed E-state index contributed by atoms with van der Waals surface area (Å²) in [5, 5.41) is 1.23. The van der Waals surface area contributed by atoms with Gasteiger partial charge in [0.15, 0.2) is 0 Å². The Morgan fingerprint density at radius 3 is 2.52 bits per heavy atom. The molecule has 111 valence electrons. The van der Waals surface area contributed by atoms with Crippen LogP contribution in [0.4, 0.5) is 0 Å². The molecule has 3 heteroatoms. The standard InChI is InChI=1S/C18H18NS.Ir/c1-12-11-15-16(20-12)9-10-19-17(15)13-5-7-14(8-6-13)18(2,3)4;/h5,7-11H,1-4H3;/q-1;. The van der Waals surface area contributed by atoms with Crippen molar-refractivity contribution in [2.24, 2.45) is 0 Å².